The first-order valence-corrected chi connectivity index (χ1v) is 12.3. The Morgan fingerprint density at radius 3 is 2.63 bits per heavy atom. The van der Waals surface area contributed by atoms with Crippen molar-refractivity contribution in [2.75, 3.05) is 31.1 Å². The first kappa shape index (κ1) is 23.5. The number of sulfonamides is 1. The normalized spacial score (nSPS) is 23.2. The lowest BCUT2D eigenvalue weighted by Crippen LogP contribution is -2.62. The minimum Gasteiger partial charge on any atom is -0.355 e. The molecule has 0 saturated carbocycles. The maximum atomic E-state index is 15.8. The summed E-state index contributed by atoms with van der Waals surface area (Å²) < 4.78 is 76.8. The number of fused-ring (bicyclic) bond motifs is 1. The second-order valence-electron chi connectivity index (χ2n) is 8.53. The molecule has 0 aliphatic carbocycles. The summed E-state index contributed by atoms with van der Waals surface area (Å²) in [5, 5.41) is 9.44. The molecule has 182 valence electrons. The standard InChI is InChI=1S/C23H20F3N5O3S/c1-14-2-3-15(11-27)20(8-14)35(32,33)31-6-7-34-23(31)4-5-30(13-21(23)26)22-12-28-18-9-16(24)17(25)10-19(18)29-22/h2-3,8-10,12,21H,4-7,13H2,1H3/t21-,23-/m0/s1. The van der Waals surface area contributed by atoms with Gasteiger partial charge in [0.2, 0.25) is 10.0 Å². The van der Waals surface area contributed by atoms with Crippen LogP contribution in [0.2, 0.25) is 0 Å². The van der Waals surface area contributed by atoms with Crippen LogP contribution < -0.4 is 4.90 Å². The summed E-state index contributed by atoms with van der Waals surface area (Å²) in [5.41, 5.74) is -0.844. The molecule has 0 N–H and O–H groups in total. The van der Waals surface area contributed by atoms with Crippen LogP contribution in [-0.2, 0) is 14.8 Å². The van der Waals surface area contributed by atoms with Gasteiger partial charge in [0.05, 0.1) is 35.9 Å². The zero-order valence-corrected chi connectivity index (χ0v) is 19.4. The fourth-order valence-electron chi connectivity index (χ4n) is 4.63. The molecule has 3 heterocycles. The van der Waals surface area contributed by atoms with Crippen molar-refractivity contribution in [1.82, 2.24) is 14.3 Å². The second kappa shape index (κ2) is 8.44. The van der Waals surface area contributed by atoms with Crippen LogP contribution in [0.3, 0.4) is 0 Å². The van der Waals surface area contributed by atoms with E-state index in [0.717, 1.165) is 16.4 Å². The van der Waals surface area contributed by atoms with Crippen molar-refractivity contribution in [2.24, 2.45) is 0 Å². The predicted octanol–water partition coefficient (Wildman–Crippen LogP) is 3.05. The van der Waals surface area contributed by atoms with Crippen LogP contribution in [0.1, 0.15) is 17.5 Å². The van der Waals surface area contributed by atoms with Crippen LogP contribution >= 0.6 is 0 Å². The molecule has 5 rings (SSSR count). The molecule has 3 aromatic rings. The Hall–Kier alpha value is -3.27. The van der Waals surface area contributed by atoms with E-state index >= 15 is 4.39 Å². The highest BCUT2D eigenvalue weighted by atomic mass is 32.2. The second-order valence-corrected chi connectivity index (χ2v) is 10.4. The van der Waals surface area contributed by atoms with Gasteiger partial charge in [-0.2, -0.15) is 9.57 Å². The van der Waals surface area contributed by atoms with E-state index in [1.807, 2.05) is 6.07 Å². The van der Waals surface area contributed by atoms with Crippen LogP contribution in [0.25, 0.3) is 11.0 Å². The lowest BCUT2D eigenvalue weighted by atomic mass is 9.98. The van der Waals surface area contributed by atoms with Gasteiger partial charge in [-0.1, -0.05) is 6.07 Å². The maximum Gasteiger partial charge on any atom is 0.246 e. The van der Waals surface area contributed by atoms with Gasteiger partial charge in [-0.3, -0.25) is 4.98 Å². The van der Waals surface area contributed by atoms with Crippen molar-refractivity contribution < 1.29 is 26.3 Å². The van der Waals surface area contributed by atoms with Gasteiger partial charge in [-0.25, -0.2) is 26.6 Å². The summed E-state index contributed by atoms with van der Waals surface area (Å²) in [4.78, 5) is 9.74. The third-order valence-corrected chi connectivity index (χ3v) is 8.37. The van der Waals surface area contributed by atoms with Gasteiger partial charge in [0.25, 0.3) is 0 Å². The number of aryl methyl sites for hydroxylation is 1. The Balaban J connectivity index is 1.45. The van der Waals surface area contributed by atoms with E-state index in [-0.39, 0.29) is 60.0 Å². The highest BCUT2D eigenvalue weighted by Gasteiger charge is 2.57. The zero-order chi connectivity index (χ0) is 25.0. The largest absolute Gasteiger partial charge is 0.355 e. The first-order valence-electron chi connectivity index (χ1n) is 10.8. The van der Waals surface area contributed by atoms with Gasteiger partial charge in [0.15, 0.2) is 23.5 Å². The van der Waals surface area contributed by atoms with Gasteiger partial charge in [0, 0.05) is 31.6 Å². The minimum absolute atomic E-state index is 0.00791. The number of aromatic nitrogens is 2. The van der Waals surface area contributed by atoms with Gasteiger partial charge in [-0.15, -0.1) is 0 Å². The number of ether oxygens (including phenoxy) is 1. The molecule has 2 aliphatic rings. The minimum atomic E-state index is -4.24. The number of piperidine rings is 1. The van der Waals surface area contributed by atoms with Crippen LogP contribution in [0.4, 0.5) is 19.0 Å². The fraction of sp³-hybridized carbons (Fsp3) is 0.348. The third-order valence-electron chi connectivity index (χ3n) is 6.40. The highest BCUT2D eigenvalue weighted by molar-refractivity contribution is 7.89. The Labute approximate surface area is 199 Å². The lowest BCUT2D eigenvalue weighted by Gasteiger charge is -2.45. The van der Waals surface area contributed by atoms with Crippen molar-refractivity contribution >= 4 is 26.9 Å². The van der Waals surface area contributed by atoms with Gasteiger partial charge < -0.3 is 9.64 Å². The average Bonchev–Trinajstić information content (AvgIpc) is 3.27. The quantitative estimate of drug-likeness (QED) is 0.542. The SMILES string of the molecule is Cc1ccc(C#N)c(S(=O)(=O)N2CCO[C@]23CCN(c2cnc4cc(F)c(F)cc4n2)C[C@@H]3F)c1. The van der Waals surface area contributed by atoms with E-state index in [4.69, 9.17) is 4.74 Å². The van der Waals surface area contributed by atoms with Gasteiger partial charge in [-0.05, 0) is 24.6 Å². The molecule has 2 atom stereocenters. The molecule has 0 radical (unpaired) electrons. The van der Waals surface area contributed by atoms with E-state index in [1.165, 1.54) is 18.3 Å². The number of benzene rings is 2. The van der Waals surface area contributed by atoms with Gasteiger partial charge >= 0.3 is 0 Å². The molecule has 1 spiro atoms. The molecule has 1 aromatic heterocycles. The average molecular weight is 504 g/mol. The number of halogens is 3. The molecule has 2 aliphatic heterocycles. The number of hydrogen-bond acceptors (Lipinski definition) is 7. The van der Waals surface area contributed by atoms with Crippen molar-refractivity contribution in [3.63, 3.8) is 0 Å². The molecule has 12 heteroatoms. The zero-order valence-electron chi connectivity index (χ0n) is 18.6. The van der Waals surface area contributed by atoms with E-state index in [0.29, 0.717) is 5.56 Å². The monoisotopic (exact) mass is 503 g/mol. The summed E-state index contributed by atoms with van der Waals surface area (Å²) in [5.74, 6) is -1.87. The number of rotatable bonds is 3. The number of anilines is 1. The molecule has 0 bridgehead atoms. The van der Waals surface area contributed by atoms with Crippen molar-refractivity contribution in [2.45, 2.75) is 30.1 Å². The third kappa shape index (κ3) is 3.80. The van der Waals surface area contributed by atoms with E-state index in [1.54, 1.807) is 17.9 Å². The van der Waals surface area contributed by atoms with E-state index in [9.17, 15) is 22.5 Å². The van der Waals surface area contributed by atoms with Crippen LogP contribution in [0.5, 0.6) is 0 Å². The van der Waals surface area contributed by atoms with E-state index in [2.05, 4.69) is 9.97 Å². The van der Waals surface area contributed by atoms with Gasteiger partial charge in [0.1, 0.15) is 16.8 Å². The summed E-state index contributed by atoms with van der Waals surface area (Å²) in [6, 6.07) is 8.20. The smallest absolute Gasteiger partial charge is 0.246 e. The van der Waals surface area contributed by atoms with Crippen LogP contribution in [0.15, 0.2) is 41.4 Å². The predicted molar refractivity (Wildman–Crippen MR) is 120 cm³/mol. The molecular weight excluding hydrogens is 483 g/mol. The molecule has 0 amide bonds. The molecule has 35 heavy (non-hydrogen) atoms. The lowest BCUT2D eigenvalue weighted by molar-refractivity contribution is -0.116. The summed E-state index contributed by atoms with van der Waals surface area (Å²) in [6.07, 6.45) is -0.440. The van der Waals surface area contributed by atoms with E-state index < -0.39 is 33.6 Å². The van der Waals surface area contributed by atoms with Crippen molar-refractivity contribution in [3.05, 3.63) is 59.3 Å². The Morgan fingerprint density at radius 1 is 1.17 bits per heavy atom. The molecule has 2 aromatic carbocycles. The summed E-state index contributed by atoms with van der Waals surface area (Å²) >= 11 is 0. The molecule has 0 unspecified atom stereocenters. The number of alkyl halides is 1. The molecule has 2 fully saturated rings. The fourth-order valence-corrected chi connectivity index (χ4v) is 6.57. The Morgan fingerprint density at radius 2 is 1.91 bits per heavy atom. The van der Waals surface area contributed by atoms with Crippen molar-refractivity contribution in [1.29, 1.82) is 5.26 Å². The number of nitriles is 1. The molecule has 8 nitrogen and oxygen atoms in total. The molecule has 2 saturated heterocycles. The summed E-state index contributed by atoms with van der Waals surface area (Å²) in [7, 11) is -4.24. The highest BCUT2D eigenvalue weighted by Crippen LogP contribution is 2.41. The summed E-state index contributed by atoms with van der Waals surface area (Å²) in [6.45, 7) is 1.58. The topological polar surface area (TPSA) is 99.4 Å². The first-order chi connectivity index (χ1) is 16.7. The maximum absolute atomic E-state index is 15.8. The molecular formula is C23H20F3N5O3S. The Bertz CT molecular complexity index is 1480. The van der Waals surface area contributed by atoms with Crippen LogP contribution in [0, 0.1) is 29.9 Å². The van der Waals surface area contributed by atoms with Crippen molar-refractivity contribution in [3.8, 4) is 6.07 Å². The van der Waals surface area contributed by atoms with Crippen LogP contribution in [-0.4, -0.2) is 60.8 Å². The number of hydrogen-bond donors (Lipinski definition) is 0. The number of nitrogens with zero attached hydrogens (tertiary/aromatic N) is 5. The Kier molecular flexibility index (Phi) is 5.66.